The van der Waals surface area contributed by atoms with Crippen molar-refractivity contribution in [1.29, 1.82) is 0 Å². The van der Waals surface area contributed by atoms with Crippen molar-refractivity contribution >= 4 is 0 Å². The van der Waals surface area contributed by atoms with Crippen LogP contribution in [0, 0.1) is 13.8 Å². The number of nitrogens with zero attached hydrogens (tertiary/aromatic N) is 1. The van der Waals surface area contributed by atoms with Gasteiger partial charge in [0.25, 0.3) is 0 Å². The number of aromatic nitrogens is 2. The van der Waals surface area contributed by atoms with Crippen LogP contribution >= 0.6 is 0 Å². The molecule has 56 valence electrons. The molecular formula is C7H13N3. The maximum atomic E-state index is 4.12. The maximum Gasteiger partial charge on any atom is 0.0791 e. The van der Waals surface area contributed by atoms with Gasteiger partial charge in [-0.2, -0.15) is 5.10 Å². The van der Waals surface area contributed by atoms with Gasteiger partial charge in [0.15, 0.2) is 0 Å². The van der Waals surface area contributed by atoms with Crippen LogP contribution in [0.4, 0.5) is 0 Å². The lowest BCUT2D eigenvalue weighted by Crippen LogP contribution is -2.06. The number of rotatable bonds is 2. The molecule has 0 spiro atoms. The largest absolute Gasteiger partial charge is 0.314 e. The van der Waals surface area contributed by atoms with Crippen molar-refractivity contribution in [1.82, 2.24) is 15.5 Å². The zero-order valence-corrected chi connectivity index (χ0v) is 6.65. The zero-order chi connectivity index (χ0) is 7.56. The van der Waals surface area contributed by atoms with Gasteiger partial charge in [-0.15, -0.1) is 0 Å². The fourth-order valence-electron chi connectivity index (χ4n) is 0.875. The molecule has 2 N–H and O–H groups in total. The van der Waals surface area contributed by atoms with Gasteiger partial charge in [-0.05, 0) is 26.5 Å². The van der Waals surface area contributed by atoms with E-state index in [9.17, 15) is 0 Å². The second-order valence-electron chi connectivity index (χ2n) is 2.45. The molecule has 3 heteroatoms. The van der Waals surface area contributed by atoms with E-state index >= 15 is 0 Å². The van der Waals surface area contributed by atoms with E-state index in [0.717, 1.165) is 17.9 Å². The summed E-state index contributed by atoms with van der Waals surface area (Å²) in [6.45, 7) is 4.95. The SMILES string of the molecule is CNCc1n[nH]c(C)c1C. The summed E-state index contributed by atoms with van der Waals surface area (Å²) < 4.78 is 0. The molecule has 0 fully saturated rings. The minimum absolute atomic E-state index is 0.843. The van der Waals surface area contributed by atoms with Gasteiger partial charge >= 0.3 is 0 Å². The fraction of sp³-hybridized carbons (Fsp3) is 0.571. The van der Waals surface area contributed by atoms with Crippen LogP contribution in [-0.4, -0.2) is 17.2 Å². The molecule has 0 aliphatic carbocycles. The Kier molecular flexibility index (Phi) is 2.06. The second kappa shape index (κ2) is 2.84. The summed E-state index contributed by atoms with van der Waals surface area (Å²) in [6, 6.07) is 0. The molecule has 0 atom stereocenters. The quantitative estimate of drug-likeness (QED) is 0.634. The molecule has 1 aromatic rings. The highest BCUT2D eigenvalue weighted by molar-refractivity contribution is 5.21. The summed E-state index contributed by atoms with van der Waals surface area (Å²) in [6.07, 6.45) is 0. The van der Waals surface area contributed by atoms with E-state index in [4.69, 9.17) is 0 Å². The summed E-state index contributed by atoms with van der Waals surface area (Å²) >= 11 is 0. The third-order valence-corrected chi connectivity index (χ3v) is 1.70. The van der Waals surface area contributed by atoms with Crippen LogP contribution in [0.15, 0.2) is 0 Å². The Morgan fingerprint density at radius 2 is 2.20 bits per heavy atom. The Labute approximate surface area is 60.8 Å². The van der Waals surface area contributed by atoms with Gasteiger partial charge in [0.05, 0.1) is 5.69 Å². The first-order chi connectivity index (χ1) is 4.75. The molecule has 0 aromatic carbocycles. The van der Waals surface area contributed by atoms with E-state index in [2.05, 4.69) is 22.4 Å². The number of aryl methyl sites for hydroxylation is 1. The minimum atomic E-state index is 0.843. The van der Waals surface area contributed by atoms with E-state index in [0.29, 0.717) is 0 Å². The van der Waals surface area contributed by atoms with Gasteiger partial charge in [0.2, 0.25) is 0 Å². The standard InChI is InChI=1S/C7H13N3/c1-5-6(2)9-10-7(5)4-8-3/h8H,4H2,1-3H3,(H,9,10). The summed E-state index contributed by atoms with van der Waals surface area (Å²) in [5.41, 5.74) is 3.53. The molecule has 10 heavy (non-hydrogen) atoms. The van der Waals surface area contributed by atoms with Gasteiger partial charge in [0, 0.05) is 12.2 Å². The molecule has 0 amide bonds. The average Bonchev–Trinajstić information content (AvgIpc) is 2.20. The zero-order valence-electron chi connectivity index (χ0n) is 6.65. The van der Waals surface area contributed by atoms with E-state index in [1.165, 1.54) is 5.56 Å². The molecule has 0 radical (unpaired) electrons. The van der Waals surface area contributed by atoms with Crippen LogP contribution < -0.4 is 5.32 Å². The van der Waals surface area contributed by atoms with E-state index in [-0.39, 0.29) is 0 Å². The number of H-pyrrole nitrogens is 1. The predicted molar refractivity (Wildman–Crippen MR) is 40.8 cm³/mol. The molecule has 0 aliphatic heterocycles. The summed E-state index contributed by atoms with van der Waals surface area (Å²) in [7, 11) is 1.92. The Hall–Kier alpha value is -0.830. The predicted octanol–water partition coefficient (Wildman–Crippen LogP) is 0.746. The summed E-state index contributed by atoms with van der Waals surface area (Å²) in [5, 5.41) is 10.1. The molecule has 0 saturated heterocycles. The lowest BCUT2D eigenvalue weighted by atomic mass is 10.2. The second-order valence-corrected chi connectivity index (χ2v) is 2.45. The summed E-state index contributed by atoms with van der Waals surface area (Å²) in [4.78, 5) is 0. The third-order valence-electron chi connectivity index (χ3n) is 1.70. The van der Waals surface area contributed by atoms with Crippen LogP contribution in [0.3, 0.4) is 0 Å². The summed E-state index contributed by atoms with van der Waals surface area (Å²) in [5.74, 6) is 0. The lowest BCUT2D eigenvalue weighted by molar-refractivity contribution is 0.779. The first-order valence-electron chi connectivity index (χ1n) is 3.40. The highest BCUT2D eigenvalue weighted by Crippen LogP contribution is 2.06. The monoisotopic (exact) mass is 139 g/mol. The van der Waals surface area contributed by atoms with Gasteiger partial charge < -0.3 is 5.32 Å². The van der Waals surface area contributed by atoms with Crippen molar-refractivity contribution in [3.8, 4) is 0 Å². The Balaban J connectivity index is 2.83. The Morgan fingerprint density at radius 1 is 1.50 bits per heavy atom. The van der Waals surface area contributed by atoms with Crippen LogP contribution in [0.25, 0.3) is 0 Å². The minimum Gasteiger partial charge on any atom is -0.314 e. The molecule has 3 nitrogen and oxygen atoms in total. The van der Waals surface area contributed by atoms with Crippen molar-refractivity contribution in [3.63, 3.8) is 0 Å². The van der Waals surface area contributed by atoms with Crippen LogP contribution in [-0.2, 0) is 6.54 Å². The van der Waals surface area contributed by atoms with E-state index < -0.39 is 0 Å². The molecular weight excluding hydrogens is 126 g/mol. The number of hydrogen-bond donors (Lipinski definition) is 2. The molecule has 0 aliphatic rings. The molecule has 0 unspecified atom stereocenters. The van der Waals surface area contributed by atoms with E-state index in [1.807, 2.05) is 14.0 Å². The van der Waals surface area contributed by atoms with Gasteiger partial charge in [-0.3, -0.25) is 5.10 Å². The molecule has 1 aromatic heterocycles. The average molecular weight is 139 g/mol. The van der Waals surface area contributed by atoms with Crippen molar-refractivity contribution in [2.24, 2.45) is 0 Å². The van der Waals surface area contributed by atoms with Gasteiger partial charge in [0.1, 0.15) is 0 Å². The first kappa shape index (κ1) is 7.28. The molecule has 0 saturated carbocycles. The Morgan fingerprint density at radius 3 is 2.60 bits per heavy atom. The lowest BCUT2D eigenvalue weighted by Gasteiger charge is -1.94. The smallest absolute Gasteiger partial charge is 0.0791 e. The number of aromatic amines is 1. The maximum absolute atomic E-state index is 4.12. The molecule has 0 bridgehead atoms. The number of nitrogens with one attached hydrogen (secondary N) is 2. The van der Waals surface area contributed by atoms with Crippen molar-refractivity contribution < 1.29 is 0 Å². The van der Waals surface area contributed by atoms with Crippen molar-refractivity contribution in [2.45, 2.75) is 20.4 Å². The highest BCUT2D eigenvalue weighted by atomic mass is 15.1. The fourth-order valence-corrected chi connectivity index (χ4v) is 0.875. The third kappa shape index (κ3) is 1.19. The highest BCUT2D eigenvalue weighted by Gasteiger charge is 2.02. The first-order valence-corrected chi connectivity index (χ1v) is 3.40. The van der Waals surface area contributed by atoms with Crippen molar-refractivity contribution in [3.05, 3.63) is 17.0 Å². The number of hydrogen-bond acceptors (Lipinski definition) is 2. The van der Waals surface area contributed by atoms with Gasteiger partial charge in [-0.1, -0.05) is 0 Å². The normalized spacial score (nSPS) is 10.3. The topological polar surface area (TPSA) is 40.7 Å². The van der Waals surface area contributed by atoms with Crippen LogP contribution in [0.2, 0.25) is 0 Å². The van der Waals surface area contributed by atoms with E-state index in [1.54, 1.807) is 0 Å². The molecule has 1 rings (SSSR count). The van der Waals surface area contributed by atoms with Gasteiger partial charge in [-0.25, -0.2) is 0 Å². The Bertz CT molecular complexity index is 215. The van der Waals surface area contributed by atoms with Crippen LogP contribution in [0.5, 0.6) is 0 Å². The van der Waals surface area contributed by atoms with Crippen molar-refractivity contribution in [2.75, 3.05) is 7.05 Å². The molecule has 1 heterocycles. The van der Waals surface area contributed by atoms with Crippen LogP contribution in [0.1, 0.15) is 17.0 Å².